The Morgan fingerprint density at radius 1 is 1.36 bits per heavy atom. The first-order valence-corrected chi connectivity index (χ1v) is 10.9. The lowest BCUT2D eigenvalue weighted by atomic mass is 9.94. The molecule has 0 spiro atoms. The van der Waals surface area contributed by atoms with Gasteiger partial charge in [-0.2, -0.15) is 0 Å². The molecular weight excluding hydrogens is 422 g/mol. The number of para-hydroxylation sites is 1. The van der Waals surface area contributed by atoms with Crippen molar-refractivity contribution in [3.05, 3.63) is 47.7 Å². The maximum atomic E-state index is 12.7. The van der Waals surface area contributed by atoms with Crippen LogP contribution in [-0.2, 0) is 16.1 Å². The maximum Gasteiger partial charge on any atom is 0.246 e. The lowest BCUT2D eigenvalue weighted by Crippen LogP contribution is -2.33. The Kier molecular flexibility index (Phi) is 7.58. The van der Waals surface area contributed by atoms with Gasteiger partial charge in [0.15, 0.2) is 23.1 Å². The van der Waals surface area contributed by atoms with Crippen LogP contribution in [0.15, 0.2) is 36.5 Å². The number of carbonyl (C=O) groups is 2. The van der Waals surface area contributed by atoms with Gasteiger partial charge < -0.3 is 24.4 Å². The minimum Gasteiger partial charge on any atom is -0.493 e. The van der Waals surface area contributed by atoms with E-state index in [4.69, 9.17) is 14.2 Å². The standard InChI is InChI=1S/C25H31N3O5/c1-6-12-32-22-18(8-7-9-19(22)31-5)15-28(4)21(29)11-10-17-13-20-23(26-14-17)27-24(30)25(2,3)16-33-20/h7-11,13-14H,6,12,15-16H2,1-5H3,(H,26,27,30). The van der Waals surface area contributed by atoms with E-state index in [9.17, 15) is 9.59 Å². The number of hydrogen-bond acceptors (Lipinski definition) is 6. The third-order valence-corrected chi connectivity index (χ3v) is 5.24. The third kappa shape index (κ3) is 5.83. The van der Waals surface area contributed by atoms with Crippen molar-refractivity contribution in [2.24, 2.45) is 5.41 Å². The normalized spacial score (nSPS) is 14.6. The number of rotatable bonds is 8. The molecule has 1 aromatic carbocycles. The molecule has 0 bridgehead atoms. The van der Waals surface area contributed by atoms with Crippen molar-refractivity contribution >= 4 is 23.7 Å². The van der Waals surface area contributed by atoms with Gasteiger partial charge in [-0.1, -0.05) is 19.1 Å². The summed E-state index contributed by atoms with van der Waals surface area (Å²) < 4.78 is 17.1. The van der Waals surface area contributed by atoms with Gasteiger partial charge in [0.2, 0.25) is 11.8 Å². The molecule has 1 aromatic heterocycles. The van der Waals surface area contributed by atoms with E-state index in [0.717, 1.165) is 12.0 Å². The zero-order chi connectivity index (χ0) is 24.0. The van der Waals surface area contributed by atoms with Crippen LogP contribution in [0.5, 0.6) is 17.2 Å². The van der Waals surface area contributed by atoms with E-state index in [1.807, 2.05) is 39.0 Å². The quantitative estimate of drug-likeness (QED) is 0.610. The lowest BCUT2D eigenvalue weighted by Gasteiger charge is -2.19. The summed E-state index contributed by atoms with van der Waals surface area (Å²) in [6.07, 6.45) is 5.61. The first kappa shape index (κ1) is 24.1. The van der Waals surface area contributed by atoms with Crippen LogP contribution in [0.2, 0.25) is 0 Å². The van der Waals surface area contributed by atoms with Crippen LogP contribution in [-0.4, -0.2) is 49.1 Å². The second-order valence-corrected chi connectivity index (χ2v) is 8.57. The highest BCUT2D eigenvalue weighted by Crippen LogP contribution is 2.33. The Bertz CT molecular complexity index is 1050. The molecule has 8 heteroatoms. The topological polar surface area (TPSA) is 90.0 Å². The van der Waals surface area contributed by atoms with E-state index in [1.165, 1.54) is 6.08 Å². The van der Waals surface area contributed by atoms with Crippen LogP contribution >= 0.6 is 0 Å². The molecule has 0 aliphatic carbocycles. The molecule has 3 rings (SSSR count). The van der Waals surface area contributed by atoms with Crippen LogP contribution in [0.4, 0.5) is 5.82 Å². The van der Waals surface area contributed by atoms with Gasteiger partial charge in [-0.3, -0.25) is 9.59 Å². The zero-order valence-electron chi connectivity index (χ0n) is 19.8. The highest BCUT2D eigenvalue weighted by Gasteiger charge is 2.32. The van der Waals surface area contributed by atoms with Gasteiger partial charge in [0.05, 0.1) is 19.1 Å². The monoisotopic (exact) mass is 453 g/mol. The number of benzene rings is 1. The van der Waals surface area contributed by atoms with Crippen molar-refractivity contribution < 1.29 is 23.8 Å². The van der Waals surface area contributed by atoms with Gasteiger partial charge in [-0.05, 0) is 44.0 Å². The van der Waals surface area contributed by atoms with Gasteiger partial charge >= 0.3 is 0 Å². The van der Waals surface area contributed by atoms with Gasteiger partial charge in [0, 0.05) is 31.4 Å². The van der Waals surface area contributed by atoms with Crippen molar-refractivity contribution in [1.82, 2.24) is 9.88 Å². The maximum absolute atomic E-state index is 12.7. The first-order chi connectivity index (χ1) is 15.7. The Morgan fingerprint density at radius 3 is 2.88 bits per heavy atom. The largest absolute Gasteiger partial charge is 0.493 e. The fraction of sp³-hybridized carbons (Fsp3) is 0.400. The predicted molar refractivity (Wildman–Crippen MR) is 126 cm³/mol. The molecule has 1 aliphatic heterocycles. The van der Waals surface area contributed by atoms with Crippen molar-refractivity contribution in [1.29, 1.82) is 0 Å². The summed E-state index contributed by atoms with van der Waals surface area (Å²) in [5.41, 5.74) is 0.901. The Morgan fingerprint density at radius 2 is 2.15 bits per heavy atom. The molecule has 0 fully saturated rings. The highest BCUT2D eigenvalue weighted by molar-refractivity contribution is 5.96. The lowest BCUT2D eigenvalue weighted by molar-refractivity contribution is -0.125. The number of pyridine rings is 1. The minimum atomic E-state index is -0.658. The Balaban J connectivity index is 1.71. The molecule has 176 valence electrons. The van der Waals surface area contributed by atoms with Crippen LogP contribution in [0, 0.1) is 5.41 Å². The van der Waals surface area contributed by atoms with Gasteiger partial charge in [0.1, 0.15) is 6.61 Å². The molecule has 2 aromatic rings. The van der Waals surface area contributed by atoms with E-state index in [1.54, 1.807) is 37.4 Å². The SMILES string of the molecule is CCCOc1c(CN(C)C(=O)C=Cc2cnc3c(c2)OCC(C)(C)C(=O)N3)cccc1OC. The van der Waals surface area contributed by atoms with Crippen LogP contribution in [0.1, 0.15) is 38.3 Å². The molecule has 1 N–H and O–H groups in total. The molecule has 0 radical (unpaired) electrons. The van der Waals surface area contributed by atoms with Crippen LogP contribution < -0.4 is 19.5 Å². The average Bonchev–Trinajstić information content (AvgIpc) is 2.91. The summed E-state index contributed by atoms with van der Waals surface area (Å²) in [5, 5.41) is 2.78. The van der Waals surface area contributed by atoms with Crippen LogP contribution in [0.25, 0.3) is 6.08 Å². The number of nitrogens with zero attached hydrogens (tertiary/aromatic N) is 2. The summed E-state index contributed by atoms with van der Waals surface area (Å²) in [4.78, 5) is 30.8. The second-order valence-electron chi connectivity index (χ2n) is 8.57. The second kappa shape index (κ2) is 10.4. The average molecular weight is 454 g/mol. The molecule has 8 nitrogen and oxygen atoms in total. The van der Waals surface area contributed by atoms with Crippen LogP contribution in [0.3, 0.4) is 0 Å². The number of likely N-dealkylation sites (N-methyl/N-ethyl adjacent to an activating group) is 1. The summed E-state index contributed by atoms with van der Waals surface area (Å²) in [6.45, 7) is 6.83. The van der Waals surface area contributed by atoms with Gasteiger partial charge in [-0.15, -0.1) is 0 Å². The third-order valence-electron chi connectivity index (χ3n) is 5.24. The van der Waals surface area contributed by atoms with Crippen molar-refractivity contribution in [2.75, 3.05) is 32.7 Å². The number of nitrogens with one attached hydrogen (secondary N) is 1. The predicted octanol–water partition coefficient (Wildman–Crippen LogP) is 3.91. The molecule has 0 unspecified atom stereocenters. The fourth-order valence-corrected chi connectivity index (χ4v) is 3.20. The molecule has 2 amide bonds. The van der Waals surface area contributed by atoms with E-state index in [0.29, 0.717) is 41.8 Å². The first-order valence-electron chi connectivity index (χ1n) is 10.9. The van der Waals surface area contributed by atoms with Crippen molar-refractivity contribution in [2.45, 2.75) is 33.7 Å². The molecule has 2 heterocycles. The minimum absolute atomic E-state index is 0.145. The number of anilines is 1. The van der Waals surface area contributed by atoms with E-state index < -0.39 is 5.41 Å². The number of aromatic nitrogens is 1. The van der Waals surface area contributed by atoms with Crippen molar-refractivity contribution in [3.63, 3.8) is 0 Å². The Labute approximate surface area is 194 Å². The summed E-state index contributed by atoms with van der Waals surface area (Å²) in [7, 11) is 3.33. The molecule has 0 atom stereocenters. The number of carbonyl (C=O) groups excluding carboxylic acids is 2. The Hall–Kier alpha value is -3.55. The fourth-order valence-electron chi connectivity index (χ4n) is 3.20. The molecule has 1 aliphatic rings. The number of hydrogen-bond donors (Lipinski definition) is 1. The number of amides is 2. The highest BCUT2D eigenvalue weighted by atomic mass is 16.5. The molecule has 0 saturated heterocycles. The van der Waals surface area contributed by atoms with E-state index >= 15 is 0 Å². The summed E-state index contributed by atoms with van der Waals surface area (Å²) in [6, 6.07) is 7.40. The summed E-state index contributed by atoms with van der Waals surface area (Å²) >= 11 is 0. The molecule has 0 saturated carbocycles. The van der Waals surface area contributed by atoms with E-state index in [2.05, 4.69) is 10.3 Å². The smallest absolute Gasteiger partial charge is 0.246 e. The van der Waals surface area contributed by atoms with Gasteiger partial charge in [-0.25, -0.2) is 4.98 Å². The molecule has 33 heavy (non-hydrogen) atoms. The zero-order valence-corrected chi connectivity index (χ0v) is 19.8. The summed E-state index contributed by atoms with van der Waals surface area (Å²) in [5.74, 6) is 1.83. The number of fused-ring (bicyclic) bond motifs is 1. The van der Waals surface area contributed by atoms with Crippen molar-refractivity contribution in [3.8, 4) is 17.2 Å². The molecular formula is C25H31N3O5. The van der Waals surface area contributed by atoms with Gasteiger partial charge in [0.25, 0.3) is 0 Å². The number of methoxy groups -OCH3 is 1. The van der Waals surface area contributed by atoms with E-state index in [-0.39, 0.29) is 18.4 Å². The number of ether oxygens (including phenoxy) is 3.